The zero-order valence-electron chi connectivity index (χ0n) is 10.7. The van der Waals surface area contributed by atoms with E-state index in [2.05, 4.69) is 13.8 Å². The van der Waals surface area contributed by atoms with Crippen molar-refractivity contribution in [2.75, 3.05) is 0 Å². The van der Waals surface area contributed by atoms with Crippen LogP contribution in [0.1, 0.15) is 65.2 Å². The van der Waals surface area contributed by atoms with Gasteiger partial charge >= 0.3 is 0 Å². The highest BCUT2D eigenvalue weighted by Gasteiger charge is 2.50. The van der Waals surface area contributed by atoms with Gasteiger partial charge in [0.2, 0.25) is 0 Å². The molecule has 2 aliphatic rings. The summed E-state index contributed by atoms with van der Waals surface area (Å²) in [5, 5.41) is 0.327. The maximum Gasteiger partial charge on any atom is 0.0660 e. The van der Waals surface area contributed by atoms with Gasteiger partial charge in [0.1, 0.15) is 0 Å². The number of hydrogen-bond donors (Lipinski definition) is 0. The Bertz CT molecular complexity index is 223. The van der Waals surface area contributed by atoms with Gasteiger partial charge in [0.25, 0.3) is 0 Å². The van der Waals surface area contributed by atoms with Crippen molar-refractivity contribution in [2.24, 2.45) is 5.41 Å². The third kappa shape index (κ3) is 2.41. The molecule has 0 aromatic heterocycles. The number of hydrogen-bond acceptors (Lipinski definition) is 1. The Balaban J connectivity index is 1.85. The first-order chi connectivity index (χ1) is 7.66. The summed E-state index contributed by atoms with van der Waals surface area (Å²) in [4.78, 5) is 0. The van der Waals surface area contributed by atoms with Gasteiger partial charge in [-0.05, 0) is 25.7 Å². The number of alkyl halides is 1. The van der Waals surface area contributed by atoms with Crippen LogP contribution in [-0.2, 0) is 4.74 Å². The standard InChI is InChI=1S/C14H25ClO/c1-3-14(2)12(15)10-13(14)16-11-8-6-4-5-7-9-11/h11-13H,3-10H2,1-2H3. The molecule has 0 heterocycles. The summed E-state index contributed by atoms with van der Waals surface area (Å²) < 4.78 is 6.30. The summed E-state index contributed by atoms with van der Waals surface area (Å²) in [5.41, 5.74) is 0.230. The maximum atomic E-state index is 6.32. The van der Waals surface area contributed by atoms with Gasteiger partial charge in [-0.15, -0.1) is 11.6 Å². The van der Waals surface area contributed by atoms with E-state index in [0.717, 1.165) is 12.8 Å². The minimum absolute atomic E-state index is 0.230. The van der Waals surface area contributed by atoms with Crippen LogP contribution in [0.25, 0.3) is 0 Å². The van der Waals surface area contributed by atoms with Crippen LogP contribution in [0.4, 0.5) is 0 Å². The van der Waals surface area contributed by atoms with E-state index in [-0.39, 0.29) is 5.41 Å². The molecule has 0 aromatic carbocycles. The van der Waals surface area contributed by atoms with Crippen LogP contribution >= 0.6 is 11.6 Å². The summed E-state index contributed by atoms with van der Waals surface area (Å²) >= 11 is 6.32. The maximum absolute atomic E-state index is 6.32. The molecule has 0 aromatic rings. The van der Waals surface area contributed by atoms with Crippen molar-refractivity contribution in [1.29, 1.82) is 0 Å². The van der Waals surface area contributed by atoms with E-state index in [1.165, 1.54) is 38.5 Å². The lowest BCUT2D eigenvalue weighted by atomic mass is 9.65. The Morgan fingerprint density at radius 3 is 2.31 bits per heavy atom. The Labute approximate surface area is 105 Å². The third-order valence-electron chi connectivity index (χ3n) is 4.79. The van der Waals surface area contributed by atoms with Crippen LogP contribution in [0.3, 0.4) is 0 Å². The summed E-state index contributed by atoms with van der Waals surface area (Å²) in [6, 6.07) is 0. The average molecular weight is 245 g/mol. The van der Waals surface area contributed by atoms with Crippen molar-refractivity contribution in [3.8, 4) is 0 Å². The molecule has 1 nitrogen and oxygen atoms in total. The van der Waals surface area contributed by atoms with Crippen LogP contribution < -0.4 is 0 Å². The largest absolute Gasteiger partial charge is 0.374 e. The lowest BCUT2D eigenvalue weighted by Crippen LogP contribution is -2.54. The van der Waals surface area contributed by atoms with Crippen molar-refractivity contribution in [3.63, 3.8) is 0 Å². The second-order valence-electron chi connectivity index (χ2n) is 5.80. The van der Waals surface area contributed by atoms with Gasteiger partial charge in [-0.1, -0.05) is 39.5 Å². The summed E-state index contributed by atoms with van der Waals surface area (Å²) in [5.74, 6) is 0. The van der Waals surface area contributed by atoms with Crippen molar-refractivity contribution in [3.05, 3.63) is 0 Å². The second kappa shape index (κ2) is 5.27. The molecule has 0 amide bonds. The van der Waals surface area contributed by atoms with E-state index in [0.29, 0.717) is 17.6 Å². The van der Waals surface area contributed by atoms with E-state index in [1.807, 2.05) is 0 Å². The summed E-state index contributed by atoms with van der Waals surface area (Å²) in [6.45, 7) is 4.52. The van der Waals surface area contributed by atoms with Crippen molar-refractivity contribution >= 4 is 11.6 Å². The molecule has 3 atom stereocenters. The van der Waals surface area contributed by atoms with Crippen LogP contribution in [0.15, 0.2) is 0 Å². The van der Waals surface area contributed by atoms with E-state index in [1.54, 1.807) is 0 Å². The minimum Gasteiger partial charge on any atom is -0.374 e. The van der Waals surface area contributed by atoms with Crippen LogP contribution in [0.2, 0.25) is 0 Å². The smallest absolute Gasteiger partial charge is 0.0660 e. The van der Waals surface area contributed by atoms with E-state index >= 15 is 0 Å². The molecule has 0 N–H and O–H groups in total. The van der Waals surface area contributed by atoms with E-state index in [4.69, 9.17) is 16.3 Å². The van der Waals surface area contributed by atoms with E-state index in [9.17, 15) is 0 Å². The molecule has 2 heteroatoms. The van der Waals surface area contributed by atoms with Gasteiger partial charge in [0.05, 0.1) is 12.2 Å². The molecule has 94 valence electrons. The highest BCUT2D eigenvalue weighted by molar-refractivity contribution is 6.21. The monoisotopic (exact) mass is 244 g/mol. The molecular weight excluding hydrogens is 220 g/mol. The summed E-state index contributed by atoms with van der Waals surface area (Å²) in [6.07, 6.45) is 11.2. The van der Waals surface area contributed by atoms with Crippen molar-refractivity contribution < 1.29 is 4.74 Å². The average Bonchev–Trinajstić information content (AvgIpc) is 2.56. The fourth-order valence-electron chi connectivity index (χ4n) is 3.04. The predicted molar refractivity (Wildman–Crippen MR) is 69.0 cm³/mol. The van der Waals surface area contributed by atoms with Gasteiger partial charge in [-0.25, -0.2) is 0 Å². The van der Waals surface area contributed by atoms with Crippen LogP contribution in [0, 0.1) is 5.41 Å². The van der Waals surface area contributed by atoms with Crippen LogP contribution in [0.5, 0.6) is 0 Å². The van der Waals surface area contributed by atoms with Crippen LogP contribution in [-0.4, -0.2) is 17.6 Å². The number of ether oxygens (including phenoxy) is 1. The fraction of sp³-hybridized carbons (Fsp3) is 1.00. The molecule has 3 unspecified atom stereocenters. The predicted octanol–water partition coefficient (Wildman–Crippen LogP) is 4.52. The molecule has 2 aliphatic carbocycles. The molecule has 2 fully saturated rings. The van der Waals surface area contributed by atoms with Crippen molar-refractivity contribution in [2.45, 2.75) is 82.8 Å². The van der Waals surface area contributed by atoms with Gasteiger partial charge in [-0.2, -0.15) is 0 Å². The first kappa shape index (κ1) is 12.7. The zero-order chi connectivity index (χ0) is 11.6. The number of rotatable bonds is 3. The third-order valence-corrected chi connectivity index (χ3v) is 5.47. The van der Waals surface area contributed by atoms with Gasteiger partial charge in [0, 0.05) is 10.8 Å². The second-order valence-corrected chi connectivity index (χ2v) is 6.33. The molecule has 0 aliphatic heterocycles. The first-order valence-electron chi connectivity index (χ1n) is 6.96. The lowest BCUT2D eigenvalue weighted by molar-refractivity contribution is -0.136. The molecule has 0 bridgehead atoms. The Hall–Kier alpha value is 0.250. The highest BCUT2D eigenvalue weighted by atomic mass is 35.5. The molecule has 0 saturated heterocycles. The molecule has 0 radical (unpaired) electrons. The molecule has 16 heavy (non-hydrogen) atoms. The van der Waals surface area contributed by atoms with Gasteiger partial charge in [-0.3, -0.25) is 0 Å². The number of halogens is 1. The Kier molecular flexibility index (Phi) is 4.18. The van der Waals surface area contributed by atoms with Gasteiger partial charge in [0.15, 0.2) is 0 Å². The Morgan fingerprint density at radius 2 is 1.81 bits per heavy atom. The molecule has 2 rings (SSSR count). The first-order valence-corrected chi connectivity index (χ1v) is 7.40. The molecular formula is C14H25ClO. The normalized spacial score (nSPS) is 41.4. The quantitative estimate of drug-likeness (QED) is 0.524. The van der Waals surface area contributed by atoms with Crippen molar-refractivity contribution in [1.82, 2.24) is 0 Å². The minimum atomic E-state index is 0.230. The molecule has 2 saturated carbocycles. The fourth-order valence-corrected chi connectivity index (χ4v) is 3.49. The van der Waals surface area contributed by atoms with E-state index < -0.39 is 0 Å². The lowest BCUT2D eigenvalue weighted by Gasteiger charge is -2.51. The van der Waals surface area contributed by atoms with Gasteiger partial charge < -0.3 is 4.74 Å². The SMILES string of the molecule is CCC1(C)C(Cl)CC1OC1CCCCCC1. The highest BCUT2D eigenvalue weighted by Crippen LogP contribution is 2.49. The Morgan fingerprint density at radius 1 is 1.19 bits per heavy atom. The topological polar surface area (TPSA) is 9.23 Å². The summed E-state index contributed by atoms with van der Waals surface area (Å²) in [7, 11) is 0. The zero-order valence-corrected chi connectivity index (χ0v) is 11.4. The molecule has 0 spiro atoms.